The largest absolute Gasteiger partial charge is 0.467 e. The van der Waals surface area contributed by atoms with E-state index in [1.807, 2.05) is 0 Å². The van der Waals surface area contributed by atoms with Gasteiger partial charge >= 0.3 is 5.97 Å². The van der Waals surface area contributed by atoms with Crippen molar-refractivity contribution >= 4 is 5.97 Å². The zero-order valence-corrected chi connectivity index (χ0v) is 8.57. The lowest BCUT2D eigenvalue weighted by Gasteiger charge is -2.08. The van der Waals surface area contributed by atoms with Crippen molar-refractivity contribution in [3.05, 3.63) is 29.3 Å². The number of carbonyl (C=O) groups is 1. The number of methoxy groups -OCH3 is 2. The third-order valence-electron chi connectivity index (χ3n) is 1.73. The molecule has 0 saturated heterocycles. The molecule has 0 aromatic heterocycles. The van der Waals surface area contributed by atoms with Crippen molar-refractivity contribution in [1.29, 1.82) is 0 Å². The lowest BCUT2D eigenvalue weighted by atomic mass is 10.1. The van der Waals surface area contributed by atoms with Crippen LogP contribution < -0.4 is 4.74 Å². The van der Waals surface area contributed by atoms with Crippen LogP contribution in [0.15, 0.2) is 18.2 Å². The lowest BCUT2D eigenvalue weighted by Crippen LogP contribution is -2.04. The summed E-state index contributed by atoms with van der Waals surface area (Å²) in [5.41, 5.74) is 0.107. The van der Waals surface area contributed by atoms with Crippen LogP contribution in [0, 0.1) is 6.85 Å². The summed E-state index contributed by atoms with van der Waals surface area (Å²) in [6.45, 7) is -2.45. The molecule has 0 amide bonds. The van der Waals surface area contributed by atoms with E-state index in [2.05, 4.69) is 4.74 Å². The van der Waals surface area contributed by atoms with Crippen LogP contribution in [-0.2, 0) is 9.47 Å². The summed E-state index contributed by atoms with van der Waals surface area (Å²) in [7, 11) is 2.66. The van der Waals surface area contributed by atoms with Gasteiger partial charge in [-0.05, 0) is 30.6 Å². The Morgan fingerprint density at radius 3 is 2.87 bits per heavy atom. The molecule has 82 valence electrons. The molecular formula is C11H14O4. The summed E-state index contributed by atoms with van der Waals surface area (Å²) in [5, 5.41) is 0. The maximum Gasteiger partial charge on any atom is 0.337 e. The number of carbonyl (C=O) groups excluding carboxylic acids is 1. The smallest absolute Gasteiger partial charge is 0.337 e. The number of hydrogen-bond donors (Lipinski definition) is 0. The van der Waals surface area contributed by atoms with Crippen molar-refractivity contribution in [3.8, 4) is 5.75 Å². The molecule has 1 aromatic rings. The summed E-state index contributed by atoms with van der Waals surface area (Å²) in [4.78, 5) is 11.3. The lowest BCUT2D eigenvalue weighted by molar-refractivity contribution is 0.0505. The second-order valence-electron chi connectivity index (χ2n) is 2.75. The van der Waals surface area contributed by atoms with Crippen LogP contribution in [0.25, 0.3) is 0 Å². The highest BCUT2D eigenvalue weighted by Gasteiger charge is 2.07. The molecule has 0 aliphatic rings. The summed E-state index contributed by atoms with van der Waals surface area (Å²) in [6.07, 6.45) is 0. The molecule has 0 fully saturated rings. The van der Waals surface area contributed by atoms with Gasteiger partial charge in [0.2, 0.25) is 0 Å². The van der Waals surface area contributed by atoms with Crippen LogP contribution in [0.3, 0.4) is 0 Å². The Balaban J connectivity index is 3.16. The average molecular weight is 213 g/mol. The van der Waals surface area contributed by atoms with Crippen molar-refractivity contribution in [2.24, 2.45) is 0 Å². The Morgan fingerprint density at radius 1 is 1.47 bits per heavy atom. The Kier molecular flexibility index (Phi) is 2.75. The Bertz CT molecular complexity index is 429. The van der Waals surface area contributed by atoms with E-state index >= 15 is 0 Å². The first-order valence-electron chi connectivity index (χ1n) is 5.74. The molecule has 0 aliphatic carbocycles. The molecule has 0 atom stereocenters. The minimum Gasteiger partial charge on any atom is -0.467 e. The quantitative estimate of drug-likeness (QED) is 0.564. The Hall–Kier alpha value is -1.55. The molecule has 0 N–H and O–H groups in total. The fraction of sp³-hybridized carbons (Fsp3) is 0.364. The number of esters is 1. The van der Waals surface area contributed by atoms with E-state index in [9.17, 15) is 4.79 Å². The van der Waals surface area contributed by atoms with Gasteiger partial charge in [0.25, 0.3) is 0 Å². The maximum absolute atomic E-state index is 11.3. The molecular weight excluding hydrogens is 196 g/mol. The SMILES string of the molecule is [2H]C([2H])([2H])c1cc(C(=O)OC)ccc1OCOC. The standard InChI is InChI=1S/C11H14O4/c1-8-6-9(11(12)14-3)4-5-10(8)15-7-13-2/h4-6H,7H2,1-3H3/i1D3. The van der Waals surface area contributed by atoms with E-state index < -0.39 is 12.8 Å². The minimum absolute atomic E-state index is 0.0533. The Labute approximate surface area is 93.0 Å². The molecule has 1 aromatic carbocycles. The normalized spacial score (nSPS) is 13.6. The van der Waals surface area contributed by atoms with Gasteiger partial charge in [0.05, 0.1) is 12.7 Å². The van der Waals surface area contributed by atoms with Gasteiger partial charge in [-0.3, -0.25) is 0 Å². The van der Waals surface area contributed by atoms with Crippen LogP contribution in [-0.4, -0.2) is 27.0 Å². The molecule has 0 unspecified atom stereocenters. The van der Waals surface area contributed by atoms with Crippen molar-refractivity contribution in [3.63, 3.8) is 0 Å². The zero-order chi connectivity index (χ0) is 13.8. The minimum atomic E-state index is -2.38. The molecule has 0 aliphatic heterocycles. The van der Waals surface area contributed by atoms with E-state index in [1.165, 1.54) is 32.4 Å². The number of ether oxygens (including phenoxy) is 3. The van der Waals surface area contributed by atoms with Crippen LogP contribution in [0.1, 0.15) is 20.0 Å². The van der Waals surface area contributed by atoms with Gasteiger partial charge in [-0.1, -0.05) is 0 Å². The molecule has 4 heteroatoms. The van der Waals surface area contributed by atoms with Gasteiger partial charge in [-0.25, -0.2) is 4.79 Å². The monoisotopic (exact) mass is 213 g/mol. The molecule has 0 bridgehead atoms. The third kappa shape index (κ3) is 2.95. The van der Waals surface area contributed by atoms with Gasteiger partial charge in [-0.2, -0.15) is 0 Å². The van der Waals surface area contributed by atoms with Crippen molar-refractivity contribution in [2.45, 2.75) is 6.85 Å². The third-order valence-corrected chi connectivity index (χ3v) is 1.73. The molecule has 0 radical (unpaired) electrons. The van der Waals surface area contributed by atoms with Crippen molar-refractivity contribution < 1.29 is 23.1 Å². The summed E-state index contributed by atoms with van der Waals surface area (Å²) in [5.74, 6) is -0.441. The van der Waals surface area contributed by atoms with E-state index in [0.29, 0.717) is 0 Å². The van der Waals surface area contributed by atoms with Crippen LogP contribution >= 0.6 is 0 Å². The predicted molar refractivity (Wildman–Crippen MR) is 55.0 cm³/mol. The van der Waals surface area contributed by atoms with Gasteiger partial charge in [0.1, 0.15) is 5.75 Å². The second kappa shape index (κ2) is 5.36. The molecule has 1 rings (SSSR count). The van der Waals surface area contributed by atoms with E-state index in [1.54, 1.807) is 0 Å². The maximum atomic E-state index is 11.3. The van der Waals surface area contributed by atoms with Gasteiger partial charge in [0.15, 0.2) is 6.79 Å². The number of rotatable bonds is 4. The van der Waals surface area contributed by atoms with Gasteiger partial charge in [0, 0.05) is 11.2 Å². The molecule has 0 saturated carbocycles. The molecule has 4 nitrogen and oxygen atoms in total. The number of hydrogen-bond acceptors (Lipinski definition) is 4. The van der Waals surface area contributed by atoms with Crippen LogP contribution in [0.4, 0.5) is 0 Å². The first kappa shape index (κ1) is 7.70. The highest BCUT2D eigenvalue weighted by Crippen LogP contribution is 2.19. The Morgan fingerprint density at radius 2 is 2.27 bits per heavy atom. The number of aryl methyl sites for hydroxylation is 1. The van der Waals surface area contributed by atoms with Gasteiger partial charge in [-0.15, -0.1) is 0 Å². The van der Waals surface area contributed by atoms with Crippen LogP contribution in [0.5, 0.6) is 5.75 Å². The zero-order valence-electron chi connectivity index (χ0n) is 11.6. The highest BCUT2D eigenvalue weighted by atomic mass is 16.7. The summed E-state index contributed by atoms with van der Waals surface area (Å²) >= 11 is 0. The number of benzene rings is 1. The fourth-order valence-corrected chi connectivity index (χ4v) is 1.02. The molecule has 0 spiro atoms. The van der Waals surface area contributed by atoms with E-state index in [0.717, 1.165) is 0 Å². The topological polar surface area (TPSA) is 44.8 Å². The highest BCUT2D eigenvalue weighted by molar-refractivity contribution is 5.89. The van der Waals surface area contributed by atoms with Crippen molar-refractivity contribution in [1.82, 2.24) is 0 Å². The second-order valence-corrected chi connectivity index (χ2v) is 2.75. The first-order chi connectivity index (χ1) is 8.40. The predicted octanol–water partition coefficient (Wildman–Crippen LogP) is 1.76. The molecule has 0 heterocycles. The fourth-order valence-electron chi connectivity index (χ4n) is 1.02. The first-order valence-corrected chi connectivity index (χ1v) is 4.24. The van der Waals surface area contributed by atoms with Crippen LogP contribution in [0.2, 0.25) is 0 Å². The summed E-state index contributed by atoms with van der Waals surface area (Å²) in [6, 6.07) is 4.09. The van der Waals surface area contributed by atoms with Gasteiger partial charge < -0.3 is 14.2 Å². The summed E-state index contributed by atoms with van der Waals surface area (Å²) < 4.78 is 36.6. The average Bonchev–Trinajstić information content (AvgIpc) is 2.34. The molecule has 15 heavy (non-hydrogen) atoms. The van der Waals surface area contributed by atoms with E-state index in [-0.39, 0.29) is 23.7 Å². The van der Waals surface area contributed by atoms with E-state index in [4.69, 9.17) is 13.6 Å². The van der Waals surface area contributed by atoms with Crippen molar-refractivity contribution in [2.75, 3.05) is 21.0 Å².